The summed E-state index contributed by atoms with van der Waals surface area (Å²) >= 11 is 5.83. The van der Waals surface area contributed by atoms with Crippen molar-refractivity contribution in [2.45, 2.75) is 26.5 Å². The molecule has 7 heteroatoms. The Labute approximate surface area is 187 Å². The molecule has 0 unspecified atom stereocenters. The van der Waals surface area contributed by atoms with Gasteiger partial charge in [0.1, 0.15) is 18.1 Å². The molecule has 0 saturated heterocycles. The summed E-state index contributed by atoms with van der Waals surface area (Å²) in [5.41, 5.74) is 2.94. The summed E-state index contributed by atoms with van der Waals surface area (Å²) in [6, 6.07) is 13.6. The number of nitrogens with one attached hydrogen (secondary N) is 1. The molecule has 0 radical (unpaired) electrons. The molecule has 1 amide bonds. The van der Waals surface area contributed by atoms with Gasteiger partial charge in [-0.1, -0.05) is 29.8 Å². The molecule has 1 heterocycles. The van der Waals surface area contributed by atoms with Gasteiger partial charge in [0.05, 0.1) is 18.3 Å². The second-order valence-corrected chi connectivity index (χ2v) is 7.51. The standard InChI is InChI=1S/C24H26ClN3O3/c1-18-5-3-6-22(13-18)31-17-20-14-19(7-9-23(20)30-2)8-10-24(29)26-11-4-12-28-16-21(25)15-27-28/h3,5-10,13-16H,4,11-12,17H2,1-2H3,(H,26,29)/b10-8+. The van der Waals surface area contributed by atoms with E-state index in [1.165, 1.54) is 6.08 Å². The van der Waals surface area contributed by atoms with Crippen molar-refractivity contribution in [3.8, 4) is 11.5 Å². The fourth-order valence-electron chi connectivity index (χ4n) is 3.03. The molecule has 162 valence electrons. The second-order valence-electron chi connectivity index (χ2n) is 7.08. The molecule has 0 atom stereocenters. The maximum Gasteiger partial charge on any atom is 0.244 e. The number of hydrogen-bond donors (Lipinski definition) is 1. The molecular weight excluding hydrogens is 414 g/mol. The Morgan fingerprint density at radius 2 is 2.13 bits per heavy atom. The van der Waals surface area contributed by atoms with Crippen LogP contribution < -0.4 is 14.8 Å². The number of carbonyl (C=O) groups excluding carboxylic acids is 1. The Kier molecular flexibility index (Phi) is 8.12. The highest BCUT2D eigenvalue weighted by Gasteiger charge is 2.06. The Bertz CT molecular complexity index is 1050. The number of hydrogen-bond acceptors (Lipinski definition) is 4. The lowest BCUT2D eigenvalue weighted by Crippen LogP contribution is -2.23. The minimum Gasteiger partial charge on any atom is -0.496 e. The molecule has 0 aliphatic carbocycles. The molecule has 0 saturated carbocycles. The number of aryl methyl sites for hydroxylation is 2. The predicted octanol–water partition coefficient (Wildman–Crippen LogP) is 4.65. The first kappa shape index (κ1) is 22.4. The number of nitrogens with zero attached hydrogens (tertiary/aromatic N) is 2. The Morgan fingerprint density at radius 3 is 2.87 bits per heavy atom. The number of benzene rings is 2. The molecule has 0 spiro atoms. The van der Waals surface area contributed by atoms with E-state index >= 15 is 0 Å². The van der Waals surface area contributed by atoms with Crippen LogP contribution in [0.15, 0.2) is 60.9 Å². The van der Waals surface area contributed by atoms with Crippen LogP contribution in [-0.2, 0) is 17.9 Å². The monoisotopic (exact) mass is 439 g/mol. The highest BCUT2D eigenvalue weighted by atomic mass is 35.5. The van der Waals surface area contributed by atoms with Gasteiger partial charge in [0.2, 0.25) is 5.91 Å². The Hall–Kier alpha value is -3.25. The van der Waals surface area contributed by atoms with Crippen LogP contribution in [0.5, 0.6) is 11.5 Å². The van der Waals surface area contributed by atoms with Crippen LogP contribution in [0.2, 0.25) is 5.02 Å². The first-order valence-electron chi connectivity index (χ1n) is 10.0. The fraction of sp³-hybridized carbons (Fsp3) is 0.250. The lowest BCUT2D eigenvalue weighted by molar-refractivity contribution is -0.116. The molecule has 0 fully saturated rings. The molecule has 31 heavy (non-hydrogen) atoms. The topological polar surface area (TPSA) is 65.4 Å². The molecule has 0 bridgehead atoms. The van der Waals surface area contributed by atoms with Gasteiger partial charge in [-0.05, 0) is 54.8 Å². The van der Waals surface area contributed by atoms with E-state index in [9.17, 15) is 4.79 Å². The van der Waals surface area contributed by atoms with Crippen LogP contribution in [0, 0.1) is 6.92 Å². The number of amides is 1. The van der Waals surface area contributed by atoms with E-state index < -0.39 is 0 Å². The van der Waals surface area contributed by atoms with Crippen LogP contribution in [-0.4, -0.2) is 29.3 Å². The summed E-state index contributed by atoms with van der Waals surface area (Å²) in [5, 5.41) is 7.58. The van der Waals surface area contributed by atoms with Crippen LogP contribution in [0.3, 0.4) is 0 Å². The van der Waals surface area contributed by atoms with Gasteiger partial charge in [0, 0.05) is 30.9 Å². The molecular formula is C24H26ClN3O3. The normalized spacial score (nSPS) is 10.9. The molecule has 1 N–H and O–H groups in total. The molecule has 3 rings (SSSR count). The van der Waals surface area contributed by atoms with E-state index in [1.807, 2.05) is 49.4 Å². The zero-order valence-electron chi connectivity index (χ0n) is 17.7. The van der Waals surface area contributed by atoms with E-state index in [1.54, 1.807) is 30.3 Å². The number of methoxy groups -OCH3 is 1. The molecule has 3 aromatic rings. The lowest BCUT2D eigenvalue weighted by atomic mass is 10.1. The van der Waals surface area contributed by atoms with Crippen molar-refractivity contribution in [1.82, 2.24) is 15.1 Å². The maximum absolute atomic E-state index is 12.1. The van der Waals surface area contributed by atoms with Crippen molar-refractivity contribution in [3.63, 3.8) is 0 Å². The minimum atomic E-state index is -0.146. The van der Waals surface area contributed by atoms with Gasteiger partial charge in [-0.15, -0.1) is 0 Å². The minimum absolute atomic E-state index is 0.146. The van der Waals surface area contributed by atoms with Crippen molar-refractivity contribution in [1.29, 1.82) is 0 Å². The van der Waals surface area contributed by atoms with E-state index in [-0.39, 0.29) is 5.91 Å². The van der Waals surface area contributed by atoms with Crippen LogP contribution in [0.4, 0.5) is 0 Å². The smallest absolute Gasteiger partial charge is 0.244 e. The van der Waals surface area contributed by atoms with Crippen molar-refractivity contribution in [3.05, 3.63) is 82.6 Å². The third kappa shape index (κ3) is 7.19. The van der Waals surface area contributed by atoms with Gasteiger partial charge < -0.3 is 14.8 Å². The van der Waals surface area contributed by atoms with Gasteiger partial charge in [0.15, 0.2) is 0 Å². The number of ether oxygens (including phenoxy) is 2. The van der Waals surface area contributed by atoms with Gasteiger partial charge in [-0.25, -0.2) is 0 Å². The molecule has 1 aromatic heterocycles. The molecule has 0 aliphatic heterocycles. The lowest BCUT2D eigenvalue weighted by Gasteiger charge is -2.11. The van der Waals surface area contributed by atoms with Crippen molar-refractivity contribution < 1.29 is 14.3 Å². The molecule has 0 aliphatic rings. The Balaban J connectivity index is 1.52. The van der Waals surface area contributed by atoms with Crippen LogP contribution in [0.1, 0.15) is 23.1 Å². The second kappa shape index (κ2) is 11.2. The fourth-order valence-corrected chi connectivity index (χ4v) is 3.18. The highest BCUT2D eigenvalue weighted by Crippen LogP contribution is 2.23. The van der Waals surface area contributed by atoms with E-state index in [0.29, 0.717) is 24.7 Å². The summed E-state index contributed by atoms with van der Waals surface area (Å²) < 4.78 is 13.1. The van der Waals surface area contributed by atoms with Crippen molar-refractivity contribution in [2.75, 3.05) is 13.7 Å². The zero-order valence-corrected chi connectivity index (χ0v) is 18.4. The largest absolute Gasteiger partial charge is 0.496 e. The predicted molar refractivity (Wildman–Crippen MR) is 122 cm³/mol. The van der Waals surface area contributed by atoms with Crippen LogP contribution >= 0.6 is 11.6 Å². The third-order valence-corrected chi connectivity index (χ3v) is 4.78. The van der Waals surface area contributed by atoms with Crippen molar-refractivity contribution in [2.24, 2.45) is 0 Å². The van der Waals surface area contributed by atoms with Gasteiger partial charge >= 0.3 is 0 Å². The first-order chi connectivity index (χ1) is 15.0. The third-order valence-electron chi connectivity index (χ3n) is 4.58. The summed E-state index contributed by atoms with van der Waals surface area (Å²) in [6.45, 7) is 3.65. The van der Waals surface area contributed by atoms with E-state index in [2.05, 4.69) is 10.4 Å². The van der Waals surface area contributed by atoms with Crippen LogP contribution in [0.25, 0.3) is 6.08 Å². The SMILES string of the molecule is COc1ccc(/C=C/C(=O)NCCCn2cc(Cl)cn2)cc1COc1cccc(C)c1. The highest BCUT2D eigenvalue weighted by molar-refractivity contribution is 6.30. The van der Waals surface area contributed by atoms with E-state index in [4.69, 9.17) is 21.1 Å². The number of rotatable bonds is 10. The summed E-state index contributed by atoms with van der Waals surface area (Å²) in [6.07, 6.45) is 7.42. The molecule has 2 aromatic carbocycles. The average Bonchev–Trinajstić information content (AvgIpc) is 3.19. The van der Waals surface area contributed by atoms with Crippen molar-refractivity contribution >= 4 is 23.6 Å². The maximum atomic E-state index is 12.1. The number of halogens is 1. The van der Waals surface area contributed by atoms with Gasteiger partial charge in [-0.3, -0.25) is 9.48 Å². The summed E-state index contributed by atoms with van der Waals surface area (Å²) in [7, 11) is 1.63. The Morgan fingerprint density at radius 1 is 1.26 bits per heavy atom. The molecule has 6 nitrogen and oxygen atoms in total. The zero-order chi connectivity index (χ0) is 22.1. The number of aromatic nitrogens is 2. The average molecular weight is 440 g/mol. The first-order valence-corrected chi connectivity index (χ1v) is 10.4. The van der Waals surface area contributed by atoms with Gasteiger partial charge in [-0.2, -0.15) is 5.10 Å². The van der Waals surface area contributed by atoms with Gasteiger partial charge in [0.25, 0.3) is 0 Å². The summed E-state index contributed by atoms with van der Waals surface area (Å²) in [5.74, 6) is 1.40. The quantitative estimate of drug-likeness (QED) is 0.369. The summed E-state index contributed by atoms with van der Waals surface area (Å²) in [4.78, 5) is 12.1. The number of carbonyl (C=O) groups is 1. The van der Waals surface area contributed by atoms with E-state index in [0.717, 1.165) is 34.6 Å².